The zero-order valence-electron chi connectivity index (χ0n) is 16.0. The summed E-state index contributed by atoms with van der Waals surface area (Å²) in [5.74, 6) is -1.99. The van der Waals surface area contributed by atoms with E-state index in [1.54, 1.807) is 13.0 Å². The van der Waals surface area contributed by atoms with Gasteiger partial charge in [-0.25, -0.2) is 4.98 Å². The summed E-state index contributed by atoms with van der Waals surface area (Å²) in [6, 6.07) is 4.30. The molecule has 1 aromatic heterocycles. The highest BCUT2D eigenvalue weighted by molar-refractivity contribution is 6.36. The van der Waals surface area contributed by atoms with Crippen LogP contribution in [0.1, 0.15) is 52.6 Å². The molecule has 11 heteroatoms. The van der Waals surface area contributed by atoms with Crippen molar-refractivity contribution in [2.45, 2.75) is 32.4 Å². The van der Waals surface area contributed by atoms with E-state index < -0.39 is 34.9 Å². The van der Waals surface area contributed by atoms with Crippen LogP contribution in [-0.2, 0) is 22.1 Å². The molecule has 0 aliphatic heterocycles. The molecule has 0 aliphatic rings. The first-order valence-corrected chi connectivity index (χ1v) is 9.60. The average molecular weight is 475 g/mol. The Kier molecular flexibility index (Phi) is 7.87. The minimum absolute atomic E-state index is 0.0670. The van der Waals surface area contributed by atoms with E-state index in [9.17, 15) is 33.1 Å². The van der Waals surface area contributed by atoms with Crippen LogP contribution in [-0.4, -0.2) is 28.4 Å². The molecule has 164 valence electrons. The third-order valence-corrected chi connectivity index (χ3v) is 4.79. The van der Waals surface area contributed by atoms with E-state index in [-0.39, 0.29) is 52.7 Å². The molecule has 1 aromatic carbocycles. The first-order valence-electron chi connectivity index (χ1n) is 8.84. The van der Waals surface area contributed by atoms with Crippen LogP contribution in [0, 0.1) is 11.3 Å². The number of aromatic nitrogens is 1. The number of esters is 1. The van der Waals surface area contributed by atoms with Gasteiger partial charge in [0.15, 0.2) is 11.5 Å². The molecule has 31 heavy (non-hydrogen) atoms. The first-order chi connectivity index (χ1) is 14.5. The van der Waals surface area contributed by atoms with E-state index in [2.05, 4.69) is 4.98 Å². The number of hydrogen-bond acceptors (Lipinski definition) is 6. The van der Waals surface area contributed by atoms with Gasteiger partial charge in [0.25, 0.3) is 0 Å². The maximum atomic E-state index is 12.9. The van der Waals surface area contributed by atoms with E-state index in [0.717, 1.165) is 0 Å². The molecule has 0 atom stereocenters. The van der Waals surface area contributed by atoms with Crippen LogP contribution >= 0.6 is 23.2 Å². The van der Waals surface area contributed by atoms with E-state index in [1.807, 2.05) is 0 Å². The summed E-state index contributed by atoms with van der Waals surface area (Å²) in [4.78, 5) is 27.9. The van der Waals surface area contributed by atoms with Gasteiger partial charge in [-0.2, -0.15) is 18.4 Å². The number of halogens is 5. The fraction of sp³-hybridized carbons (Fsp3) is 0.300. The van der Waals surface area contributed by atoms with Crippen LogP contribution in [0.5, 0.6) is 5.75 Å². The maximum absolute atomic E-state index is 12.9. The molecule has 0 amide bonds. The Bertz CT molecular complexity index is 1040. The number of nitrogens with zero attached hydrogens (tertiary/aromatic N) is 2. The number of carbonyl (C=O) groups is 2. The lowest BCUT2D eigenvalue weighted by Crippen LogP contribution is -2.11. The molecule has 0 saturated carbocycles. The van der Waals surface area contributed by atoms with E-state index in [0.29, 0.717) is 12.1 Å². The molecule has 2 rings (SSSR count). The maximum Gasteiger partial charge on any atom is 0.416 e. The van der Waals surface area contributed by atoms with Crippen LogP contribution in [0.4, 0.5) is 13.2 Å². The van der Waals surface area contributed by atoms with Crippen molar-refractivity contribution < 1.29 is 32.6 Å². The second kappa shape index (κ2) is 9.98. The van der Waals surface area contributed by atoms with Gasteiger partial charge in [0.1, 0.15) is 11.8 Å². The highest BCUT2D eigenvalue weighted by Crippen LogP contribution is 2.37. The zero-order chi connectivity index (χ0) is 23.3. The standard InChI is InChI=1S/C20H15Cl2F3N2O4/c1-2-31-17(29)4-3-16(28)18-19(30)10(9-26)5-12(27-18)8-13-14(21)6-11(7-15(13)22)20(23,24)25/h5-7,30H,2-4,8H2,1H3. The van der Waals surface area contributed by atoms with Crippen molar-refractivity contribution in [3.05, 3.63) is 56.3 Å². The summed E-state index contributed by atoms with van der Waals surface area (Å²) in [5.41, 5.74) is -1.58. The lowest BCUT2D eigenvalue weighted by atomic mass is 10.0. The molecule has 0 spiro atoms. The Morgan fingerprint density at radius 1 is 1.19 bits per heavy atom. The molecule has 2 aromatic rings. The lowest BCUT2D eigenvalue weighted by molar-refractivity contribution is -0.143. The molecule has 0 unspecified atom stereocenters. The van der Waals surface area contributed by atoms with Crippen molar-refractivity contribution in [2.24, 2.45) is 0 Å². The van der Waals surface area contributed by atoms with E-state index in [1.165, 1.54) is 6.07 Å². The van der Waals surface area contributed by atoms with Gasteiger partial charge in [-0.15, -0.1) is 0 Å². The average Bonchev–Trinajstić information content (AvgIpc) is 2.69. The lowest BCUT2D eigenvalue weighted by Gasteiger charge is -2.13. The minimum atomic E-state index is -4.64. The first kappa shape index (κ1) is 24.4. The van der Waals surface area contributed by atoms with Gasteiger partial charge in [-0.1, -0.05) is 23.2 Å². The topological polar surface area (TPSA) is 100 Å². The second-order valence-corrected chi connectivity index (χ2v) is 7.11. The molecule has 1 N–H and O–H groups in total. The highest BCUT2D eigenvalue weighted by Gasteiger charge is 2.32. The summed E-state index contributed by atoms with van der Waals surface area (Å²) < 4.78 is 43.4. The third-order valence-electron chi connectivity index (χ3n) is 4.12. The van der Waals surface area contributed by atoms with Gasteiger partial charge in [0.2, 0.25) is 0 Å². The van der Waals surface area contributed by atoms with Crippen molar-refractivity contribution >= 4 is 35.0 Å². The number of carbonyl (C=O) groups excluding carboxylic acids is 2. The fourth-order valence-corrected chi connectivity index (χ4v) is 3.27. The number of nitriles is 1. The Morgan fingerprint density at radius 2 is 1.81 bits per heavy atom. The van der Waals surface area contributed by atoms with Crippen molar-refractivity contribution in [3.63, 3.8) is 0 Å². The Hall–Kier alpha value is -2.83. The predicted octanol–water partition coefficient (Wildman–Crippen LogP) is 5.10. The zero-order valence-corrected chi connectivity index (χ0v) is 17.5. The molecule has 0 radical (unpaired) electrons. The summed E-state index contributed by atoms with van der Waals surface area (Å²) in [5, 5.41) is 18.8. The quantitative estimate of drug-likeness (QED) is 0.442. The SMILES string of the molecule is CCOC(=O)CCC(=O)c1nc(Cc2c(Cl)cc(C(F)(F)F)cc2Cl)cc(C#N)c1O. The molecule has 1 heterocycles. The minimum Gasteiger partial charge on any atom is -0.504 e. The summed E-state index contributed by atoms with van der Waals surface area (Å²) in [7, 11) is 0. The molecular formula is C20H15Cl2F3N2O4. The molecule has 0 fully saturated rings. The largest absolute Gasteiger partial charge is 0.504 e. The van der Waals surface area contributed by atoms with Crippen molar-refractivity contribution in [3.8, 4) is 11.8 Å². The van der Waals surface area contributed by atoms with Crippen LogP contribution < -0.4 is 0 Å². The van der Waals surface area contributed by atoms with Crippen molar-refractivity contribution in [1.29, 1.82) is 5.26 Å². The number of rotatable bonds is 7. The third kappa shape index (κ3) is 6.09. The Morgan fingerprint density at radius 3 is 2.32 bits per heavy atom. The molecular weight excluding hydrogens is 460 g/mol. The summed E-state index contributed by atoms with van der Waals surface area (Å²) >= 11 is 11.9. The van der Waals surface area contributed by atoms with Crippen LogP contribution in [0.2, 0.25) is 10.0 Å². The van der Waals surface area contributed by atoms with Gasteiger partial charge in [0.05, 0.1) is 24.2 Å². The second-order valence-electron chi connectivity index (χ2n) is 6.29. The van der Waals surface area contributed by atoms with Crippen LogP contribution in [0.3, 0.4) is 0 Å². The predicted molar refractivity (Wildman–Crippen MR) is 105 cm³/mol. The molecule has 0 saturated heterocycles. The van der Waals surface area contributed by atoms with Gasteiger partial charge >= 0.3 is 12.1 Å². The van der Waals surface area contributed by atoms with Gasteiger partial charge in [-0.05, 0) is 30.7 Å². The summed E-state index contributed by atoms with van der Waals surface area (Å²) in [6.07, 6.45) is -5.43. The van der Waals surface area contributed by atoms with Gasteiger partial charge in [-0.3, -0.25) is 9.59 Å². The highest BCUT2D eigenvalue weighted by atomic mass is 35.5. The normalized spacial score (nSPS) is 11.1. The molecule has 6 nitrogen and oxygen atoms in total. The number of hydrogen-bond donors (Lipinski definition) is 1. The number of benzene rings is 1. The van der Waals surface area contributed by atoms with Crippen LogP contribution in [0.25, 0.3) is 0 Å². The fourth-order valence-electron chi connectivity index (χ4n) is 2.65. The monoisotopic (exact) mass is 474 g/mol. The Balaban J connectivity index is 2.39. The number of alkyl halides is 3. The number of ketones is 1. The van der Waals surface area contributed by atoms with Crippen LogP contribution in [0.15, 0.2) is 18.2 Å². The van der Waals surface area contributed by atoms with E-state index in [4.69, 9.17) is 27.9 Å². The van der Waals surface area contributed by atoms with Crippen molar-refractivity contribution in [2.75, 3.05) is 6.61 Å². The molecule has 0 bridgehead atoms. The van der Waals surface area contributed by atoms with Crippen molar-refractivity contribution in [1.82, 2.24) is 4.98 Å². The number of aromatic hydroxyl groups is 1. The number of Topliss-reactive ketones (excluding diaryl/α,β-unsaturated/α-hetero) is 1. The van der Waals surface area contributed by atoms with E-state index >= 15 is 0 Å². The molecule has 0 aliphatic carbocycles. The summed E-state index contributed by atoms with van der Waals surface area (Å²) in [6.45, 7) is 1.74. The number of ether oxygens (including phenoxy) is 1. The smallest absolute Gasteiger partial charge is 0.416 e. The Labute approximate surface area is 185 Å². The van der Waals surface area contributed by atoms with Gasteiger partial charge in [0, 0.05) is 28.6 Å². The van der Waals surface area contributed by atoms with Gasteiger partial charge < -0.3 is 9.84 Å². The number of pyridine rings is 1.